The summed E-state index contributed by atoms with van der Waals surface area (Å²) in [5, 5.41) is 3.47. The van der Waals surface area contributed by atoms with Crippen molar-refractivity contribution < 1.29 is 4.79 Å². The Hall–Kier alpha value is -2.18. The van der Waals surface area contributed by atoms with E-state index in [1.165, 1.54) is 0 Å². The van der Waals surface area contributed by atoms with Crippen molar-refractivity contribution in [2.24, 2.45) is 13.0 Å². The molecule has 2 aromatic rings. The van der Waals surface area contributed by atoms with Gasteiger partial charge in [0, 0.05) is 39.0 Å². The Labute approximate surface area is 142 Å². The Balaban J connectivity index is 1.81. The highest BCUT2D eigenvalue weighted by Gasteiger charge is 2.26. The topological polar surface area (TPSA) is 75.9 Å². The molecule has 7 nitrogen and oxygen atoms in total. The van der Waals surface area contributed by atoms with Crippen molar-refractivity contribution >= 4 is 22.9 Å². The molecule has 2 aromatic heterocycles. The highest BCUT2D eigenvalue weighted by atomic mass is 16.2. The van der Waals surface area contributed by atoms with Crippen LogP contribution in [0.2, 0.25) is 0 Å². The SMILES string of the molecule is CCC(=O)N1CC[C@H](Nc2ncnc3c2nc(CC(C)C)n3C)C1. The van der Waals surface area contributed by atoms with Crippen LogP contribution in [0, 0.1) is 5.92 Å². The van der Waals surface area contributed by atoms with Crippen molar-refractivity contribution in [3.8, 4) is 0 Å². The molecule has 3 rings (SSSR count). The minimum absolute atomic E-state index is 0.212. The number of nitrogens with zero attached hydrogens (tertiary/aromatic N) is 5. The summed E-state index contributed by atoms with van der Waals surface area (Å²) < 4.78 is 2.05. The molecule has 1 aliphatic rings. The van der Waals surface area contributed by atoms with Gasteiger partial charge in [0.1, 0.15) is 12.2 Å². The largest absolute Gasteiger partial charge is 0.364 e. The summed E-state index contributed by atoms with van der Waals surface area (Å²) in [6.07, 6.45) is 3.98. The Bertz CT molecular complexity index is 738. The summed E-state index contributed by atoms with van der Waals surface area (Å²) in [7, 11) is 2.00. The first-order valence-electron chi connectivity index (χ1n) is 8.70. The minimum Gasteiger partial charge on any atom is -0.364 e. The lowest BCUT2D eigenvalue weighted by molar-refractivity contribution is -0.129. The van der Waals surface area contributed by atoms with E-state index in [0.29, 0.717) is 12.3 Å². The predicted molar refractivity (Wildman–Crippen MR) is 93.7 cm³/mol. The fourth-order valence-electron chi connectivity index (χ4n) is 3.22. The van der Waals surface area contributed by atoms with Gasteiger partial charge >= 0.3 is 0 Å². The molecule has 130 valence electrons. The Morgan fingerprint density at radius 3 is 2.92 bits per heavy atom. The molecule has 1 N–H and O–H groups in total. The number of nitrogens with one attached hydrogen (secondary N) is 1. The van der Waals surface area contributed by atoms with E-state index < -0.39 is 0 Å². The van der Waals surface area contributed by atoms with Crippen LogP contribution in [-0.4, -0.2) is 49.5 Å². The number of aromatic nitrogens is 4. The fourth-order valence-corrected chi connectivity index (χ4v) is 3.22. The van der Waals surface area contributed by atoms with Crippen LogP contribution in [0.15, 0.2) is 6.33 Å². The molecule has 0 aromatic carbocycles. The lowest BCUT2D eigenvalue weighted by Gasteiger charge is -2.16. The van der Waals surface area contributed by atoms with Crippen LogP contribution in [0.25, 0.3) is 11.2 Å². The van der Waals surface area contributed by atoms with Crippen LogP contribution in [-0.2, 0) is 18.3 Å². The number of rotatable bonds is 5. The summed E-state index contributed by atoms with van der Waals surface area (Å²) in [4.78, 5) is 27.3. The van der Waals surface area contributed by atoms with Crippen molar-refractivity contribution in [3.05, 3.63) is 12.2 Å². The first kappa shape index (κ1) is 16.7. The molecule has 1 amide bonds. The maximum atomic E-state index is 11.8. The van der Waals surface area contributed by atoms with Gasteiger partial charge in [-0.05, 0) is 12.3 Å². The molecule has 3 heterocycles. The Kier molecular flexibility index (Phi) is 4.69. The van der Waals surface area contributed by atoms with Gasteiger partial charge in [-0.1, -0.05) is 20.8 Å². The molecule has 1 fully saturated rings. The number of aryl methyl sites for hydroxylation is 1. The van der Waals surface area contributed by atoms with E-state index in [9.17, 15) is 4.79 Å². The molecular formula is C17H26N6O. The first-order valence-corrected chi connectivity index (χ1v) is 8.70. The van der Waals surface area contributed by atoms with Crippen molar-refractivity contribution in [3.63, 3.8) is 0 Å². The van der Waals surface area contributed by atoms with E-state index in [0.717, 1.165) is 48.7 Å². The normalized spacial score (nSPS) is 17.9. The summed E-state index contributed by atoms with van der Waals surface area (Å²) in [6.45, 7) is 7.80. The van der Waals surface area contributed by atoms with E-state index in [1.807, 2.05) is 23.4 Å². The van der Waals surface area contributed by atoms with E-state index in [1.54, 1.807) is 6.33 Å². The first-order chi connectivity index (χ1) is 11.5. The summed E-state index contributed by atoms with van der Waals surface area (Å²) >= 11 is 0. The van der Waals surface area contributed by atoms with Crippen LogP contribution in [0.5, 0.6) is 0 Å². The molecule has 1 aliphatic heterocycles. The monoisotopic (exact) mass is 330 g/mol. The van der Waals surface area contributed by atoms with Gasteiger partial charge in [0.05, 0.1) is 0 Å². The van der Waals surface area contributed by atoms with Gasteiger partial charge in [0.15, 0.2) is 17.0 Å². The number of anilines is 1. The molecule has 7 heteroatoms. The van der Waals surface area contributed by atoms with Crippen LogP contribution in [0.4, 0.5) is 5.82 Å². The number of carbonyl (C=O) groups is 1. The van der Waals surface area contributed by atoms with Gasteiger partial charge in [-0.25, -0.2) is 15.0 Å². The standard InChI is InChI=1S/C17H26N6O/c1-5-14(24)23-7-6-12(9-23)20-16-15-17(19-10-18-16)22(4)13(21-15)8-11(2)3/h10-12H,5-9H2,1-4H3,(H,18,19,20)/t12-/m0/s1. The predicted octanol–water partition coefficient (Wildman–Crippen LogP) is 1.98. The third-order valence-electron chi connectivity index (χ3n) is 4.52. The number of imidazole rings is 1. The van der Waals surface area contributed by atoms with Crippen LogP contribution in [0.1, 0.15) is 39.4 Å². The van der Waals surface area contributed by atoms with E-state index in [2.05, 4.69) is 29.1 Å². The van der Waals surface area contributed by atoms with Gasteiger partial charge in [0.2, 0.25) is 5.91 Å². The quantitative estimate of drug-likeness (QED) is 0.907. The number of likely N-dealkylation sites (tertiary alicyclic amines) is 1. The zero-order valence-corrected chi connectivity index (χ0v) is 14.9. The smallest absolute Gasteiger partial charge is 0.222 e. The van der Waals surface area contributed by atoms with E-state index in [4.69, 9.17) is 4.98 Å². The van der Waals surface area contributed by atoms with Crippen molar-refractivity contribution in [1.29, 1.82) is 0 Å². The second kappa shape index (κ2) is 6.75. The summed E-state index contributed by atoms with van der Waals surface area (Å²) in [5.41, 5.74) is 1.67. The van der Waals surface area contributed by atoms with Gasteiger partial charge < -0.3 is 14.8 Å². The third-order valence-corrected chi connectivity index (χ3v) is 4.52. The molecule has 1 atom stereocenters. The highest BCUT2D eigenvalue weighted by Crippen LogP contribution is 2.23. The van der Waals surface area contributed by atoms with Crippen molar-refractivity contribution in [1.82, 2.24) is 24.4 Å². The number of fused-ring (bicyclic) bond motifs is 1. The number of hydrogen-bond donors (Lipinski definition) is 1. The molecule has 0 bridgehead atoms. The fraction of sp³-hybridized carbons (Fsp3) is 0.647. The summed E-state index contributed by atoms with van der Waals surface area (Å²) in [6, 6.07) is 0.217. The van der Waals surface area contributed by atoms with Crippen molar-refractivity contribution in [2.45, 2.75) is 46.1 Å². The average molecular weight is 330 g/mol. The number of hydrogen-bond acceptors (Lipinski definition) is 5. The zero-order valence-electron chi connectivity index (χ0n) is 14.9. The second-order valence-electron chi connectivity index (χ2n) is 6.90. The molecule has 1 saturated heterocycles. The van der Waals surface area contributed by atoms with Crippen molar-refractivity contribution in [2.75, 3.05) is 18.4 Å². The van der Waals surface area contributed by atoms with Crippen LogP contribution >= 0.6 is 0 Å². The number of amides is 1. The highest BCUT2D eigenvalue weighted by molar-refractivity contribution is 5.83. The molecule has 0 aliphatic carbocycles. The number of carbonyl (C=O) groups excluding carboxylic acids is 1. The Morgan fingerprint density at radius 2 is 2.21 bits per heavy atom. The lowest BCUT2D eigenvalue weighted by atomic mass is 10.1. The zero-order chi connectivity index (χ0) is 17.3. The molecule has 24 heavy (non-hydrogen) atoms. The van der Waals surface area contributed by atoms with Gasteiger partial charge in [-0.15, -0.1) is 0 Å². The molecule has 0 unspecified atom stereocenters. The Morgan fingerprint density at radius 1 is 1.42 bits per heavy atom. The van der Waals surface area contributed by atoms with Gasteiger partial charge in [-0.2, -0.15) is 0 Å². The minimum atomic E-state index is 0.212. The third kappa shape index (κ3) is 3.20. The molecule has 0 radical (unpaired) electrons. The molecule has 0 saturated carbocycles. The van der Waals surface area contributed by atoms with Crippen LogP contribution in [0.3, 0.4) is 0 Å². The maximum Gasteiger partial charge on any atom is 0.222 e. The molecular weight excluding hydrogens is 304 g/mol. The van der Waals surface area contributed by atoms with E-state index >= 15 is 0 Å². The van der Waals surface area contributed by atoms with E-state index in [-0.39, 0.29) is 11.9 Å². The molecule has 0 spiro atoms. The average Bonchev–Trinajstić information content (AvgIpc) is 3.13. The second-order valence-corrected chi connectivity index (χ2v) is 6.90. The summed E-state index contributed by atoms with van der Waals surface area (Å²) in [5.74, 6) is 2.54. The van der Waals surface area contributed by atoms with Gasteiger partial charge in [0.25, 0.3) is 0 Å². The van der Waals surface area contributed by atoms with Gasteiger partial charge in [-0.3, -0.25) is 4.79 Å². The lowest BCUT2D eigenvalue weighted by Crippen LogP contribution is -2.31. The maximum absolute atomic E-state index is 11.8. The van der Waals surface area contributed by atoms with Crippen LogP contribution < -0.4 is 5.32 Å².